The number of aromatic nitrogens is 3. The first-order chi connectivity index (χ1) is 11.1. The molecular formula is C16H21N5O2. The van der Waals surface area contributed by atoms with Crippen molar-refractivity contribution in [2.24, 2.45) is 0 Å². The number of hydrogen-bond acceptors (Lipinski definition) is 5. The summed E-state index contributed by atoms with van der Waals surface area (Å²) in [7, 11) is 3.98. The van der Waals surface area contributed by atoms with Crippen LogP contribution in [0.3, 0.4) is 0 Å². The molecule has 7 nitrogen and oxygen atoms in total. The normalized spacial score (nSPS) is 18.4. The van der Waals surface area contributed by atoms with E-state index in [-0.39, 0.29) is 11.9 Å². The number of hydrogen-bond donors (Lipinski definition) is 0. The molecule has 0 spiro atoms. The van der Waals surface area contributed by atoms with Crippen molar-refractivity contribution in [1.29, 1.82) is 0 Å². The number of likely N-dealkylation sites (N-methyl/N-ethyl adjacent to an activating group) is 1. The van der Waals surface area contributed by atoms with Crippen LogP contribution in [0.15, 0.2) is 36.5 Å². The van der Waals surface area contributed by atoms with Crippen molar-refractivity contribution in [2.45, 2.75) is 6.04 Å². The van der Waals surface area contributed by atoms with Crippen molar-refractivity contribution in [3.8, 4) is 5.69 Å². The molecule has 1 aromatic heterocycles. The number of nitrogens with zero attached hydrogens (tertiary/aromatic N) is 5. The zero-order valence-corrected chi connectivity index (χ0v) is 13.4. The summed E-state index contributed by atoms with van der Waals surface area (Å²) in [6, 6.07) is 9.59. The van der Waals surface area contributed by atoms with E-state index in [9.17, 15) is 4.79 Å². The summed E-state index contributed by atoms with van der Waals surface area (Å²) in [5.74, 6) is -0.0951. The summed E-state index contributed by atoms with van der Waals surface area (Å²) in [5, 5.41) is 8.53. The second-order valence-electron chi connectivity index (χ2n) is 5.84. The molecule has 1 aromatic carbocycles. The van der Waals surface area contributed by atoms with Crippen molar-refractivity contribution >= 4 is 5.91 Å². The van der Waals surface area contributed by atoms with Crippen LogP contribution in [0.2, 0.25) is 0 Å². The van der Waals surface area contributed by atoms with Crippen molar-refractivity contribution in [1.82, 2.24) is 24.8 Å². The first kappa shape index (κ1) is 15.6. The van der Waals surface area contributed by atoms with Gasteiger partial charge in [0.2, 0.25) is 0 Å². The van der Waals surface area contributed by atoms with Crippen LogP contribution in [-0.4, -0.2) is 77.1 Å². The Labute approximate surface area is 135 Å². The van der Waals surface area contributed by atoms with Crippen molar-refractivity contribution < 1.29 is 9.53 Å². The zero-order chi connectivity index (χ0) is 16.2. The predicted molar refractivity (Wildman–Crippen MR) is 85.6 cm³/mol. The molecule has 0 bridgehead atoms. The lowest BCUT2D eigenvalue weighted by Crippen LogP contribution is -2.52. The molecule has 0 aliphatic carbocycles. The quantitative estimate of drug-likeness (QED) is 0.830. The van der Waals surface area contributed by atoms with Crippen LogP contribution in [-0.2, 0) is 4.74 Å². The van der Waals surface area contributed by atoms with Gasteiger partial charge in [0.05, 0.1) is 31.1 Å². The van der Waals surface area contributed by atoms with Crippen molar-refractivity contribution in [3.05, 3.63) is 42.2 Å². The number of ether oxygens (including phenoxy) is 1. The highest BCUT2D eigenvalue weighted by Crippen LogP contribution is 2.13. The molecule has 122 valence electrons. The highest BCUT2D eigenvalue weighted by atomic mass is 16.5. The van der Waals surface area contributed by atoms with E-state index >= 15 is 0 Å². The van der Waals surface area contributed by atoms with E-state index in [0.29, 0.717) is 25.5 Å². The van der Waals surface area contributed by atoms with Gasteiger partial charge in [0.25, 0.3) is 5.91 Å². The summed E-state index contributed by atoms with van der Waals surface area (Å²) < 4.78 is 5.51. The molecule has 0 saturated carbocycles. The van der Waals surface area contributed by atoms with Crippen LogP contribution in [0.25, 0.3) is 5.69 Å². The van der Waals surface area contributed by atoms with E-state index in [1.165, 1.54) is 11.0 Å². The van der Waals surface area contributed by atoms with Gasteiger partial charge in [-0.1, -0.05) is 18.2 Å². The Balaban J connectivity index is 1.78. The molecule has 1 unspecified atom stereocenters. The fourth-order valence-electron chi connectivity index (χ4n) is 2.69. The standard InChI is InChI=1S/C16H21N5O2/c1-19(2)11-14-12-23-9-8-20(14)16(22)15-10-17-21(18-15)13-6-4-3-5-7-13/h3-7,10,14H,8-9,11-12H2,1-2H3. The Kier molecular flexibility index (Phi) is 4.68. The molecule has 1 aliphatic rings. The van der Waals surface area contributed by atoms with Gasteiger partial charge in [0.1, 0.15) is 0 Å². The molecule has 23 heavy (non-hydrogen) atoms. The third kappa shape index (κ3) is 3.57. The van der Waals surface area contributed by atoms with E-state index in [2.05, 4.69) is 15.1 Å². The summed E-state index contributed by atoms with van der Waals surface area (Å²) in [4.78, 5) is 18.1. The minimum atomic E-state index is -0.0951. The number of carbonyl (C=O) groups excluding carboxylic acids is 1. The average molecular weight is 315 g/mol. The minimum Gasteiger partial charge on any atom is -0.377 e. The first-order valence-corrected chi connectivity index (χ1v) is 7.66. The van der Waals surface area contributed by atoms with Gasteiger partial charge in [0, 0.05) is 13.1 Å². The molecule has 1 atom stereocenters. The maximum absolute atomic E-state index is 12.8. The fraction of sp³-hybridized carbons (Fsp3) is 0.438. The smallest absolute Gasteiger partial charge is 0.276 e. The number of carbonyl (C=O) groups is 1. The number of benzene rings is 1. The lowest BCUT2D eigenvalue weighted by atomic mass is 10.2. The molecule has 0 radical (unpaired) electrons. The Hall–Kier alpha value is -2.25. The molecule has 0 N–H and O–H groups in total. The Bertz CT molecular complexity index is 656. The van der Waals surface area contributed by atoms with Gasteiger partial charge in [-0.05, 0) is 26.2 Å². The number of morpholine rings is 1. The van der Waals surface area contributed by atoms with Crippen molar-refractivity contribution in [3.63, 3.8) is 0 Å². The lowest BCUT2D eigenvalue weighted by molar-refractivity contribution is -0.00861. The van der Waals surface area contributed by atoms with Crippen LogP contribution in [0.1, 0.15) is 10.5 Å². The van der Waals surface area contributed by atoms with Gasteiger partial charge in [-0.3, -0.25) is 4.79 Å². The number of para-hydroxylation sites is 1. The molecular weight excluding hydrogens is 294 g/mol. The van der Waals surface area contributed by atoms with Crippen LogP contribution >= 0.6 is 0 Å². The highest BCUT2D eigenvalue weighted by Gasteiger charge is 2.30. The van der Waals surface area contributed by atoms with Crippen LogP contribution in [0, 0.1) is 0 Å². The average Bonchev–Trinajstić information content (AvgIpc) is 3.05. The Morgan fingerprint density at radius 2 is 2.13 bits per heavy atom. The van der Waals surface area contributed by atoms with Gasteiger partial charge >= 0.3 is 0 Å². The molecule has 1 saturated heterocycles. The Morgan fingerprint density at radius 1 is 1.35 bits per heavy atom. The van der Waals surface area contributed by atoms with Gasteiger partial charge in [-0.25, -0.2) is 0 Å². The molecule has 1 amide bonds. The van der Waals surface area contributed by atoms with E-state index in [4.69, 9.17) is 4.74 Å². The van der Waals surface area contributed by atoms with Gasteiger partial charge in [-0.15, -0.1) is 5.10 Å². The monoisotopic (exact) mass is 315 g/mol. The zero-order valence-electron chi connectivity index (χ0n) is 13.4. The second kappa shape index (κ2) is 6.89. The number of rotatable bonds is 4. The molecule has 3 rings (SSSR count). The maximum Gasteiger partial charge on any atom is 0.276 e. The minimum absolute atomic E-state index is 0.0353. The van der Waals surface area contributed by atoms with E-state index in [1.807, 2.05) is 49.3 Å². The Morgan fingerprint density at radius 3 is 2.87 bits per heavy atom. The van der Waals surface area contributed by atoms with Gasteiger partial charge in [0.15, 0.2) is 5.69 Å². The summed E-state index contributed by atoms with van der Waals surface area (Å²) in [6.45, 7) is 2.45. The van der Waals surface area contributed by atoms with Crippen LogP contribution in [0.5, 0.6) is 0 Å². The van der Waals surface area contributed by atoms with E-state index < -0.39 is 0 Å². The molecule has 2 heterocycles. The summed E-state index contributed by atoms with van der Waals surface area (Å²) >= 11 is 0. The molecule has 1 fully saturated rings. The van der Waals surface area contributed by atoms with E-state index in [0.717, 1.165) is 12.2 Å². The van der Waals surface area contributed by atoms with Gasteiger partial charge in [-0.2, -0.15) is 9.90 Å². The highest BCUT2D eigenvalue weighted by molar-refractivity contribution is 5.92. The van der Waals surface area contributed by atoms with Crippen LogP contribution in [0.4, 0.5) is 0 Å². The topological polar surface area (TPSA) is 63.5 Å². The van der Waals surface area contributed by atoms with Gasteiger partial charge < -0.3 is 14.5 Å². The van der Waals surface area contributed by atoms with Crippen LogP contribution < -0.4 is 0 Å². The summed E-state index contributed by atoms with van der Waals surface area (Å²) in [5.41, 5.74) is 1.19. The van der Waals surface area contributed by atoms with Crippen molar-refractivity contribution in [2.75, 3.05) is 40.4 Å². The third-order valence-electron chi connectivity index (χ3n) is 3.76. The molecule has 1 aliphatic heterocycles. The lowest BCUT2D eigenvalue weighted by Gasteiger charge is -2.36. The molecule has 2 aromatic rings. The second-order valence-corrected chi connectivity index (χ2v) is 5.84. The first-order valence-electron chi connectivity index (χ1n) is 7.66. The van der Waals surface area contributed by atoms with E-state index in [1.54, 1.807) is 0 Å². The predicted octanol–water partition coefficient (Wildman–Crippen LogP) is 0.670. The fourth-order valence-corrected chi connectivity index (χ4v) is 2.69. The summed E-state index contributed by atoms with van der Waals surface area (Å²) in [6.07, 6.45) is 1.53. The third-order valence-corrected chi connectivity index (χ3v) is 3.76. The number of amides is 1. The largest absolute Gasteiger partial charge is 0.377 e. The maximum atomic E-state index is 12.8. The molecule has 7 heteroatoms. The SMILES string of the molecule is CN(C)CC1COCCN1C(=O)c1cnn(-c2ccccc2)n1.